The number of hydrogen-bond donors (Lipinski definition) is 4. The molecule has 0 aliphatic heterocycles. The molecular formula is C8H10N2O4. The molecule has 0 spiro atoms. The van der Waals surface area contributed by atoms with Crippen LogP contribution in [0.5, 0.6) is 5.88 Å². The molecule has 0 unspecified atom stereocenters. The Hall–Kier alpha value is -1.82. The second-order valence-corrected chi connectivity index (χ2v) is 3.13. The summed E-state index contributed by atoms with van der Waals surface area (Å²) in [6.45, 7) is 1.24. The lowest BCUT2D eigenvalue weighted by Crippen LogP contribution is -2.42. The van der Waals surface area contributed by atoms with Gasteiger partial charge in [-0.05, 0) is 12.5 Å². The van der Waals surface area contributed by atoms with Crippen LogP contribution in [-0.2, 0) is 10.3 Å². The molecule has 5 N–H and O–H groups in total. The fourth-order valence-electron chi connectivity index (χ4n) is 0.952. The molecule has 1 aromatic rings. The van der Waals surface area contributed by atoms with Gasteiger partial charge in [-0.2, -0.15) is 0 Å². The molecular weight excluding hydrogens is 188 g/mol. The van der Waals surface area contributed by atoms with E-state index in [1.807, 2.05) is 0 Å². The van der Waals surface area contributed by atoms with Gasteiger partial charge in [0.2, 0.25) is 0 Å². The fourth-order valence-corrected chi connectivity index (χ4v) is 0.952. The van der Waals surface area contributed by atoms with Crippen molar-refractivity contribution in [2.45, 2.75) is 12.5 Å². The Morgan fingerprint density at radius 2 is 2.14 bits per heavy atom. The lowest BCUT2D eigenvalue weighted by Gasteiger charge is -2.18. The zero-order valence-electron chi connectivity index (χ0n) is 7.44. The van der Waals surface area contributed by atoms with Crippen molar-refractivity contribution in [1.29, 1.82) is 0 Å². The minimum absolute atomic E-state index is 0.0475. The number of carboxylic acids is 1. The zero-order chi connectivity index (χ0) is 10.9. The molecule has 0 aromatic carbocycles. The normalized spacial score (nSPS) is 14.7. The summed E-state index contributed by atoms with van der Waals surface area (Å²) in [7, 11) is 0. The van der Waals surface area contributed by atoms with Crippen molar-refractivity contribution in [2.75, 3.05) is 0 Å². The number of aromatic amines is 1. The molecule has 6 nitrogen and oxygen atoms in total. The van der Waals surface area contributed by atoms with E-state index in [-0.39, 0.29) is 5.56 Å². The van der Waals surface area contributed by atoms with Gasteiger partial charge in [-0.15, -0.1) is 0 Å². The van der Waals surface area contributed by atoms with Gasteiger partial charge in [0.25, 0.3) is 5.56 Å². The van der Waals surface area contributed by atoms with Gasteiger partial charge in [0, 0.05) is 12.1 Å². The third-order valence-corrected chi connectivity index (χ3v) is 1.87. The summed E-state index contributed by atoms with van der Waals surface area (Å²) in [4.78, 5) is 23.7. The second kappa shape index (κ2) is 3.15. The van der Waals surface area contributed by atoms with E-state index >= 15 is 0 Å². The summed E-state index contributed by atoms with van der Waals surface area (Å²) in [6, 6.07) is 2.14. The number of pyridine rings is 1. The standard InChI is InChI=1S/C8H10N2O4/c1-8(9,7(13)14)4-2-5(11)10-6(12)3-4/h2-3H,9H2,1H3,(H,13,14)(H2,10,11,12)/t8-/m0/s1. The Bertz CT molecular complexity index is 422. The number of carbonyl (C=O) groups is 1. The quantitative estimate of drug-likeness (QED) is 0.503. The van der Waals surface area contributed by atoms with Gasteiger partial charge in [-0.25, -0.2) is 4.79 Å². The molecule has 76 valence electrons. The molecule has 0 amide bonds. The van der Waals surface area contributed by atoms with Gasteiger partial charge >= 0.3 is 5.97 Å². The first-order chi connectivity index (χ1) is 6.34. The molecule has 6 heteroatoms. The van der Waals surface area contributed by atoms with Crippen molar-refractivity contribution in [3.05, 3.63) is 28.0 Å². The maximum absolute atomic E-state index is 10.9. The highest BCUT2D eigenvalue weighted by molar-refractivity contribution is 5.79. The highest BCUT2D eigenvalue weighted by Crippen LogP contribution is 2.18. The van der Waals surface area contributed by atoms with Crippen molar-refractivity contribution in [3.63, 3.8) is 0 Å². The van der Waals surface area contributed by atoms with Gasteiger partial charge in [0.1, 0.15) is 5.54 Å². The average molecular weight is 198 g/mol. The Labute approximate surface area is 79.0 Å². The average Bonchev–Trinajstić information content (AvgIpc) is 2.01. The number of nitrogens with two attached hydrogens (primary N) is 1. The van der Waals surface area contributed by atoms with Crippen molar-refractivity contribution in [1.82, 2.24) is 4.98 Å². The van der Waals surface area contributed by atoms with Crippen LogP contribution in [0.4, 0.5) is 0 Å². The molecule has 0 saturated heterocycles. The molecule has 0 saturated carbocycles. The van der Waals surface area contributed by atoms with Crippen molar-refractivity contribution in [2.24, 2.45) is 5.73 Å². The number of hydrogen-bond acceptors (Lipinski definition) is 4. The molecule has 0 radical (unpaired) electrons. The predicted octanol–water partition coefficient (Wildman–Crippen LogP) is -0.661. The number of carboxylic acid groups (broad SMARTS) is 1. The first-order valence-electron chi connectivity index (χ1n) is 3.80. The number of H-pyrrole nitrogens is 1. The Morgan fingerprint density at radius 3 is 2.57 bits per heavy atom. The highest BCUT2D eigenvalue weighted by atomic mass is 16.4. The number of aliphatic carboxylic acids is 1. The van der Waals surface area contributed by atoms with Gasteiger partial charge in [-0.3, -0.25) is 9.78 Å². The molecule has 0 aliphatic rings. The minimum Gasteiger partial charge on any atom is -0.495 e. The van der Waals surface area contributed by atoms with E-state index in [2.05, 4.69) is 4.98 Å². The summed E-state index contributed by atoms with van der Waals surface area (Å²) >= 11 is 0. The number of aromatic nitrogens is 1. The second-order valence-electron chi connectivity index (χ2n) is 3.13. The number of aromatic hydroxyl groups is 1. The van der Waals surface area contributed by atoms with Crippen LogP contribution >= 0.6 is 0 Å². The van der Waals surface area contributed by atoms with E-state index in [1.54, 1.807) is 0 Å². The lowest BCUT2D eigenvalue weighted by molar-refractivity contribution is -0.143. The van der Waals surface area contributed by atoms with Crippen molar-refractivity contribution < 1.29 is 15.0 Å². The van der Waals surface area contributed by atoms with Crippen LogP contribution in [0.2, 0.25) is 0 Å². The third-order valence-electron chi connectivity index (χ3n) is 1.87. The topological polar surface area (TPSA) is 116 Å². The first kappa shape index (κ1) is 10.3. The molecule has 1 heterocycles. The number of nitrogens with one attached hydrogen (secondary N) is 1. The molecule has 0 aliphatic carbocycles. The molecule has 0 bridgehead atoms. The molecule has 14 heavy (non-hydrogen) atoms. The largest absolute Gasteiger partial charge is 0.495 e. The Balaban J connectivity index is 3.32. The van der Waals surface area contributed by atoms with E-state index in [0.717, 1.165) is 12.1 Å². The first-order valence-corrected chi connectivity index (χ1v) is 3.80. The van der Waals surface area contributed by atoms with Crippen molar-refractivity contribution in [3.8, 4) is 5.88 Å². The zero-order valence-corrected chi connectivity index (χ0v) is 7.44. The van der Waals surface area contributed by atoms with Crippen LogP contribution in [-0.4, -0.2) is 21.2 Å². The van der Waals surface area contributed by atoms with Gasteiger partial charge < -0.3 is 15.9 Å². The summed E-state index contributed by atoms with van der Waals surface area (Å²) in [6.07, 6.45) is 0. The van der Waals surface area contributed by atoms with Crippen molar-refractivity contribution >= 4 is 5.97 Å². The third kappa shape index (κ3) is 1.74. The van der Waals surface area contributed by atoms with E-state index in [1.165, 1.54) is 6.92 Å². The monoisotopic (exact) mass is 198 g/mol. The van der Waals surface area contributed by atoms with Crippen LogP contribution < -0.4 is 11.3 Å². The number of rotatable bonds is 2. The molecule has 0 fully saturated rings. The Morgan fingerprint density at radius 1 is 1.57 bits per heavy atom. The maximum Gasteiger partial charge on any atom is 0.328 e. The smallest absolute Gasteiger partial charge is 0.328 e. The molecule has 1 rings (SSSR count). The van der Waals surface area contributed by atoms with Crippen LogP contribution in [0.1, 0.15) is 12.5 Å². The predicted molar refractivity (Wildman–Crippen MR) is 47.9 cm³/mol. The van der Waals surface area contributed by atoms with E-state index in [0.29, 0.717) is 0 Å². The van der Waals surface area contributed by atoms with Crippen LogP contribution in [0.25, 0.3) is 0 Å². The van der Waals surface area contributed by atoms with Crippen LogP contribution in [0.3, 0.4) is 0 Å². The van der Waals surface area contributed by atoms with Crippen LogP contribution in [0, 0.1) is 0 Å². The van der Waals surface area contributed by atoms with Gasteiger partial charge in [0.15, 0.2) is 5.88 Å². The summed E-state index contributed by atoms with van der Waals surface area (Å²) in [5.74, 6) is -1.69. The van der Waals surface area contributed by atoms with E-state index < -0.39 is 22.9 Å². The lowest BCUT2D eigenvalue weighted by atomic mass is 9.94. The molecule has 1 aromatic heterocycles. The molecule has 1 atom stereocenters. The SMILES string of the molecule is C[C@@](N)(C(=O)O)c1cc(O)[nH]c(=O)c1. The van der Waals surface area contributed by atoms with Gasteiger partial charge in [-0.1, -0.05) is 0 Å². The van der Waals surface area contributed by atoms with E-state index in [4.69, 9.17) is 15.9 Å². The van der Waals surface area contributed by atoms with E-state index in [9.17, 15) is 9.59 Å². The maximum atomic E-state index is 10.9. The summed E-state index contributed by atoms with van der Waals surface area (Å²) in [5.41, 5.74) is 3.21. The highest BCUT2D eigenvalue weighted by Gasteiger charge is 2.30. The minimum atomic E-state index is -1.69. The van der Waals surface area contributed by atoms with Crippen LogP contribution in [0.15, 0.2) is 16.9 Å². The Kier molecular flexibility index (Phi) is 2.31. The summed E-state index contributed by atoms with van der Waals surface area (Å²) in [5, 5.41) is 17.8. The summed E-state index contributed by atoms with van der Waals surface area (Å²) < 4.78 is 0. The van der Waals surface area contributed by atoms with Gasteiger partial charge in [0.05, 0.1) is 0 Å². The fraction of sp³-hybridized carbons (Fsp3) is 0.250.